The molecule has 0 aliphatic carbocycles. The largest absolute Gasteiger partial charge is 0.507 e. The van der Waals surface area contributed by atoms with Crippen LogP contribution in [0.1, 0.15) is 44.4 Å². The fourth-order valence-corrected chi connectivity index (χ4v) is 4.21. The van der Waals surface area contributed by atoms with Gasteiger partial charge in [0.1, 0.15) is 11.5 Å². The van der Waals surface area contributed by atoms with Gasteiger partial charge in [-0.05, 0) is 50.1 Å². The van der Waals surface area contributed by atoms with E-state index in [9.17, 15) is 14.7 Å². The highest BCUT2D eigenvalue weighted by molar-refractivity contribution is 6.46. The Hall–Kier alpha value is -3.32. The zero-order valence-corrected chi connectivity index (χ0v) is 20.4. The highest BCUT2D eigenvalue weighted by Gasteiger charge is 2.45. The number of rotatable bonds is 11. The molecule has 1 fully saturated rings. The standard InChI is InChI=1S/C27H34N2O5/c1-5-16-34-22-10-8-9-20(18-22)25(30)23-24(29(15-17-33-4)27(32)26(23)31)19-11-13-21(14-12-19)28(6-2)7-3/h8-14,18,24,30H,5-7,15-17H2,1-4H3/b25-23-. The third-order valence-electron chi connectivity index (χ3n) is 5.99. The molecular weight excluding hydrogens is 432 g/mol. The molecule has 3 rings (SSSR count). The number of aliphatic hydroxyl groups is 1. The second-order valence-corrected chi connectivity index (χ2v) is 8.13. The highest BCUT2D eigenvalue weighted by Crippen LogP contribution is 2.40. The van der Waals surface area contributed by atoms with E-state index in [0.29, 0.717) is 17.9 Å². The van der Waals surface area contributed by atoms with E-state index in [1.807, 2.05) is 31.2 Å². The average molecular weight is 467 g/mol. The van der Waals surface area contributed by atoms with Gasteiger partial charge in [0.15, 0.2) is 0 Å². The summed E-state index contributed by atoms with van der Waals surface area (Å²) in [5, 5.41) is 11.2. The lowest BCUT2D eigenvalue weighted by Crippen LogP contribution is -2.32. The minimum absolute atomic E-state index is 0.0735. The van der Waals surface area contributed by atoms with Gasteiger partial charge >= 0.3 is 0 Å². The first kappa shape index (κ1) is 25.3. The predicted octanol–water partition coefficient (Wildman–Crippen LogP) is 4.39. The van der Waals surface area contributed by atoms with Crippen LogP contribution in [0.4, 0.5) is 5.69 Å². The number of amides is 1. The second-order valence-electron chi connectivity index (χ2n) is 8.13. The van der Waals surface area contributed by atoms with Crippen molar-refractivity contribution in [2.45, 2.75) is 33.2 Å². The normalized spacial score (nSPS) is 17.3. The molecule has 1 aliphatic rings. The Labute approximate surface area is 201 Å². The van der Waals surface area contributed by atoms with E-state index in [4.69, 9.17) is 9.47 Å². The van der Waals surface area contributed by atoms with Crippen LogP contribution in [0.2, 0.25) is 0 Å². The minimum atomic E-state index is -0.707. The summed E-state index contributed by atoms with van der Waals surface area (Å²) >= 11 is 0. The maximum Gasteiger partial charge on any atom is 0.295 e. The van der Waals surface area contributed by atoms with Crippen LogP contribution in [-0.4, -0.2) is 61.7 Å². The van der Waals surface area contributed by atoms with E-state index in [1.54, 1.807) is 31.4 Å². The van der Waals surface area contributed by atoms with Crippen LogP contribution in [0.25, 0.3) is 5.76 Å². The summed E-state index contributed by atoms with van der Waals surface area (Å²) in [6.45, 7) is 9.00. The summed E-state index contributed by atoms with van der Waals surface area (Å²) in [5.74, 6) is -0.959. The lowest BCUT2D eigenvalue weighted by Gasteiger charge is -2.26. The van der Waals surface area contributed by atoms with Crippen LogP contribution in [0.5, 0.6) is 5.75 Å². The van der Waals surface area contributed by atoms with Crippen LogP contribution in [0, 0.1) is 0 Å². The molecule has 2 aromatic rings. The summed E-state index contributed by atoms with van der Waals surface area (Å²) in [6, 6.07) is 14.0. The molecule has 1 saturated heterocycles. The van der Waals surface area contributed by atoms with Gasteiger partial charge in [-0.3, -0.25) is 9.59 Å². The van der Waals surface area contributed by atoms with Gasteiger partial charge in [-0.2, -0.15) is 0 Å². The van der Waals surface area contributed by atoms with Crippen molar-refractivity contribution in [3.63, 3.8) is 0 Å². The SMILES string of the molecule is CCCOc1cccc(/C(O)=C2/C(=O)C(=O)N(CCOC)C2c2ccc(N(CC)CC)cc2)c1. The number of hydrogen-bond donors (Lipinski definition) is 1. The minimum Gasteiger partial charge on any atom is -0.507 e. The van der Waals surface area contributed by atoms with Gasteiger partial charge in [0.2, 0.25) is 0 Å². The number of aliphatic hydroxyl groups excluding tert-OH is 1. The van der Waals surface area contributed by atoms with Crippen molar-refractivity contribution in [3.8, 4) is 5.75 Å². The quantitative estimate of drug-likeness (QED) is 0.301. The number of benzene rings is 2. The van der Waals surface area contributed by atoms with E-state index in [1.165, 1.54) is 4.90 Å². The number of carbonyl (C=O) groups excluding carboxylic acids is 2. The first-order chi connectivity index (χ1) is 16.5. The van der Waals surface area contributed by atoms with E-state index < -0.39 is 17.7 Å². The molecule has 1 heterocycles. The van der Waals surface area contributed by atoms with E-state index in [2.05, 4.69) is 18.7 Å². The molecule has 0 aromatic heterocycles. The molecule has 34 heavy (non-hydrogen) atoms. The van der Waals surface area contributed by atoms with Crippen molar-refractivity contribution in [1.82, 2.24) is 4.90 Å². The van der Waals surface area contributed by atoms with Crippen molar-refractivity contribution in [3.05, 3.63) is 65.2 Å². The number of nitrogens with zero attached hydrogens (tertiary/aromatic N) is 2. The number of Topliss-reactive ketones (excluding diaryl/α,β-unsaturated/α-hetero) is 1. The lowest BCUT2D eigenvalue weighted by molar-refractivity contribution is -0.140. The van der Waals surface area contributed by atoms with Gasteiger partial charge in [-0.15, -0.1) is 0 Å². The van der Waals surface area contributed by atoms with Crippen molar-refractivity contribution in [2.75, 3.05) is 44.9 Å². The number of methoxy groups -OCH3 is 1. The number of ether oxygens (including phenoxy) is 2. The molecule has 7 heteroatoms. The maximum atomic E-state index is 13.1. The zero-order valence-electron chi connectivity index (χ0n) is 20.4. The van der Waals surface area contributed by atoms with E-state index in [-0.39, 0.29) is 24.5 Å². The Bertz CT molecular complexity index is 1030. The Morgan fingerprint density at radius 2 is 1.74 bits per heavy atom. The summed E-state index contributed by atoms with van der Waals surface area (Å²) in [6.07, 6.45) is 0.851. The Morgan fingerprint density at radius 1 is 1.03 bits per heavy atom. The number of anilines is 1. The number of carbonyl (C=O) groups is 2. The number of likely N-dealkylation sites (tertiary alicyclic amines) is 1. The Morgan fingerprint density at radius 3 is 2.35 bits per heavy atom. The van der Waals surface area contributed by atoms with Gasteiger partial charge in [0.05, 0.1) is 24.8 Å². The van der Waals surface area contributed by atoms with Crippen molar-refractivity contribution < 1.29 is 24.2 Å². The summed E-state index contributed by atoms with van der Waals surface area (Å²) in [7, 11) is 1.55. The van der Waals surface area contributed by atoms with E-state index in [0.717, 1.165) is 30.8 Å². The number of ketones is 1. The molecule has 1 atom stereocenters. The third kappa shape index (κ3) is 5.25. The van der Waals surface area contributed by atoms with Gasteiger partial charge in [0, 0.05) is 38.0 Å². The molecule has 1 amide bonds. The first-order valence-electron chi connectivity index (χ1n) is 11.8. The molecule has 0 spiro atoms. The average Bonchev–Trinajstić information content (AvgIpc) is 3.12. The summed E-state index contributed by atoms with van der Waals surface area (Å²) in [5.41, 5.74) is 2.32. The van der Waals surface area contributed by atoms with Crippen LogP contribution >= 0.6 is 0 Å². The fraction of sp³-hybridized carbons (Fsp3) is 0.407. The van der Waals surface area contributed by atoms with Gasteiger partial charge in [0.25, 0.3) is 11.7 Å². The fourth-order valence-electron chi connectivity index (χ4n) is 4.21. The molecule has 2 aromatic carbocycles. The van der Waals surface area contributed by atoms with Crippen molar-refractivity contribution >= 4 is 23.1 Å². The molecule has 7 nitrogen and oxygen atoms in total. The third-order valence-corrected chi connectivity index (χ3v) is 5.99. The van der Waals surface area contributed by atoms with Crippen LogP contribution in [0.15, 0.2) is 54.1 Å². The lowest BCUT2D eigenvalue weighted by atomic mass is 9.95. The van der Waals surface area contributed by atoms with Gasteiger partial charge in [-0.1, -0.05) is 31.2 Å². The molecular formula is C27H34N2O5. The topological polar surface area (TPSA) is 79.3 Å². The first-order valence-corrected chi connectivity index (χ1v) is 11.8. The van der Waals surface area contributed by atoms with Gasteiger partial charge < -0.3 is 24.4 Å². The molecule has 0 bridgehead atoms. The number of hydrogen-bond acceptors (Lipinski definition) is 6. The molecule has 1 unspecified atom stereocenters. The Kier molecular flexibility index (Phi) is 8.71. The smallest absolute Gasteiger partial charge is 0.295 e. The highest BCUT2D eigenvalue weighted by atomic mass is 16.5. The van der Waals surface area contributed by atoms with Crippen LogP contribution in [0.3, 0.4) is 0 Å². The monoisotopic (exact) mass is 466 g/mol. The zero-order chi connectivity index (χ0) is 24.7. The van der Waals surface area contributed by atoms with Crippen LogP contribution < -0.4 is 9.64 Å². The van der Waals surface area contributed by atoms with Gasteiger partial charge in [-0.25, -0.2) is 0 Å². The molecule has 182 valence electrons. The predicted molar refractivity (Wildman–Crippen MR) is 133 cm³/mol. The van der Waals surface area contributed by atoms with Crippen molar-refractivity contribution in [2.24, 2.45) is 0 Å². The molecule has 1 aliphatic heterocycles. The second kappa shape index (κ2) is 11.7. The molecule has 0 saturated carbocycles. The summed E-state index contributed by atoms with van der Waals surface area (Å²) < 4.78 is 10.9. The maximum absolute atomic E-state index is 13.1. The Balaban J connectivity index is 2.08. The van der Waals surface area contributed by atoms with E-state index >= 15 is 0 Å². The molecule has 0 radical (unpaired) electrons. The summed E-state index contributed by atoms with van der Waals surface area (Å²) in [4.78, 5) is 29.8. The molecule has 1 N–H and O–H groups in total. The van der Waals surface area contributed by atoms with Crippen LogP contribution in [-0.2, 0) is 14.3 Å². The van der Waals surface area contributed by atoms with Crippen molar-refractivity contribution in [1.29, 1.82) is 0 Å².